The Morgan fingerprint density at radius 3 is 2.41 bits per heavy atom. The van der Waals surface area contributed by atoms with Crippen LogP contribution in [0.5, 0.6) is 0 Å². The molecule has 0 radical (unpaired) electrons. The van der Waals surface area contributed by atoms with Crippen molar-refractivity contribution in [2.45, 2.75) is 19.0 Å². The highest BCUT2D eigenvalue weighted by molar-refractivity contribution is 9.10. The average Bonchev–Trinajstić information content (AvgIpc) is 3.46. The lowest BCUT2D eigenvalue weighted by Gasteiger charge is -2.29. The van der Waals surface area contributed by atoms with Gasteiger partial charge in [-0.1, -0.05) is 22.0 Å². The standard InChI is InChI=1S/C27H26BrN5S/c1-18-17-21(13-14-22(18)28)33-26(25(30-27(33)34)23-7-4-5-15-29-23)24-8-6-16-32(24)20-11-9-19(10-12-20)31(2)3/h4-17,25-26H,1-3H3,(H,30,34)/t25-,26-/m0/s1. The molecule has 2 aromatic heterocycles. The summed E-state index contributed by atoms with van der Waals surface area (Å²) >= 11 is 9.52. The molecule has 0 bridgehead atoms. The fraction of sp³-hybridized carbons (Fsp3) is 0.185. The minimum atomic E-state index is -0.0904. The number of aromatic nitrogens is 2. The molecular weight excluding hydrogens is 506 g/mol. The molecule has 0 aliphatic carbocycles. The van der Waals surface area contributed by atoms with Gasteiger partial charge in [-0.2, -0.15) is 0 Å². The van der Waals surface area contributed by atoms with Crippen molar-refractivity contribution in [2.75, 3.05) is 23.9 Å². The van der Waals surface area contributed by atoms with Crippen LogP contribution in [0.2, 0.25) is 0 Å². The molecule has 1 aliphatic heterocycles. The summed E-state index contributed by atoms with van der Waals surface area (Å²) in [4.78, 5) is 9.00. The summed E-state index contributed by atoms with van der Waals surface area (Å²) in [5.41, 5.74) is 6.59. The highest BCUT2D eigenvalue weighted by Gasteiger charge is 2.42. The number of hydrogen-bond donors (Lipinski definition) is 1. The third-order valence-electron chi connectivity index (χ3n) is 6.25. The van der Waals surface area contributed by atoms with Crippen molar-refractivity contribution in [1.82, 2.24) is 14.9 Å². The van der Waals surface area contributed by atoms with Crippen molar-refractivity contribution in [3.05, 3.63) is 107 Å². The quantitative estimate of drug-likeness (QED) is 0.311. The number of hydrogen-bond acceptors (Lipinski definition) is 3. The Morgan fingerprint density at radius 2 is 1.74 bits per heavy atom. The van der Waals surface area contributed by atoms with Crippen LogP contribution in [0.4, 0.5) is 11.4 Å². The number of anilines is 2. The van der Waals surface area contributed by atoms with Gasteiger partial charge in [-0.3, -0.25) is 4.98 Å². The van der Waals surface area contributed by atoms with E-state index >= 15 is 0 Å². The third kappa shape index (κ3) is 4.10. The minimum Gasteiger partial charge on any atom is -0.378 e. The van der Waals surface area contributed by atoms with Crippen LogP contribution in [0.25, 0.3) is 5.69 Å². The van der Waals surface area contributed by atoms with Gasteiger partial charge in [0.25, 0.3) is 0 Å². The summed E-state index contributed by atoms with van der Waals surface area (Å²) in [7, 11) is 4.10. The second-order valence-corrected chi connectivity index (χ2v) is 9.89. The second kappa shape index (κ2) is 9.24. The first-order valence-corrected chi connectivity index (χ1v) is 12.4. The Bertz CT molecular complexity index is 1320. The van der Waals surface area contributed by atoms with Crippen molar-refractivity contribution in [3.8, 4) is 5.69 Å². The highest BCUT2D eigenvalue weighted by atomic mass is 79.9. The van der Waals surface area contributed by atoms with Crippen LogP contribution in [-0.4, -0.2) is 28.8 Å². The van der Waals surface area contributed by atoms with E-state index in [2.05, 4.69) is 128 Å². The van der Waals surface area contributed by atoms with Crippen LogP contribution >= 0.6 is 28.1 Å². The molecule has 5 rings (SSSR count). The number of nitrogens with zero attached hydrogens (tertiary/aromatic N) is 4. The molecule has 0 spiro atoms. The van der Waals surface area contributed by atoms with E-state index in [0.717, 1.165) is 32.8 Å². The predicted octanol–water partition coefficient (Wildman–Crippen LogP) is 6.19. The molecular formula is C27H26BrN5S. The van der Waals surface area contributed by atoms with Crippen LogP contribution in [-0.2, 0) is 0 Å². The maximum absolute atomic E-state index is 5.89. The number of halogens is 1. The van der Waals surface area contributed by atoms with Crippen molar-refractivity contribution < 1.29 is 0 Å². The Kier molecular flexibility index (Phi) is 6.15. The lowest BCUT2D eigenvalue weighted by atomic mass is 10.0. The van der Waals surface area contributed by atoms with Gasteiger partial charge in [0.05, 0.1) is 11.7 Å². The molecule has 0 saturated carbocycles. The number of thiocarbonyl (C=S) groups is 1. The summed E-state index contributed by atoms with van der Waals surface area (Å²) in [6.07, 6.45) is 3.95. The lowest BCUT2D eigenvalue weighted by molar-refractivity contribution is 0.549. The monoisotopic (exact) mass is 531 g/mol. The smallest absolute Gasteiger partial charge is 0.174 e. The SMILES string of the molecule is Cc1cc(N2C(=S)N[C@@H](c3ccccn3)[C@@H]2c2cccn2-c2ccc(N(C)C)cc2)ccc1Br. The van der Waals surface area contributed by atoms with Crippen LogP contribution in [0, 0.1) is 6.92 Å². The molecule has 5 nitrogen and oxygen atoms in total. The van der Waals surface area contributed by atoms with Crippen molar-refractivity contribution >= 4 is 44.6 Å². The van der Waals surface area contributed by atoms with E-state index in [4.69, 9.17) is 12.2 Å². The Balaban J connectivity index is 1.64. The van der Waals surface area contributed by atoms with Crippen molar-refractivity contribution in [1.29, 1.82) is 0 Å². The normalized spacial score (nSPS) is 17.6. The fourth-order valence-electron chi connectivity index (χ4n) is 4.49. The van der Waals surface area contributed by atoms with Crippen LogP contribution in [0.1, 0.15) is 29.0 Å². The van der Waals surface area contributed by atoms with Crippen molar-refractivity contribution in [2.24, 2.45) is 0 Å². The van der Waals surface area contributed by atoms with Gasteiger partial charge in [0.1, 0.15) is 6.04 Å². The van der Waals surface area contributed by atoms with Gasteiger partial charge in [-0.25, -0.2) is 0 Å². The minimum absolute atomic E-state index is 0.0773. The Hall–Kier alpha value is -3.16. The van der Waals surface area contributed by atoms with Crippen LogP contribution < -0.4 is 15.1 Å². The molecule has 172 valence electrons. The summed E-state index contributed by atoms with van der Waals surface area (Å²) in [5.74, 6) is 0. The summed E-state index contributed by atoms with van der Waals surface area (Å²) in [6, 6.07) is 25.1. The molecule has 0 unspecified atom stereocenters. The number of nitrogens with one attached hydrogen (secondary N) is 1. The fourth-order valence-corrected chi connectivity index (χ4v) is 5.09. The topological polar surface area (TPSA) is 36.3 Å². The van der Waals surface area contributed by atoms with E-state index in [9.17, 15) is 0 Å². The number of pyridine rings is 1. The number of aryl methyl sites for hydroxylation is 1. The lowest BCUT2D eigenvalue weighted by Crippen LogP contribution is -2.30. The van der Waals surface area contributed by atoms with E-state index in [1.165, 1.54) is 5.69 Å². The Labute approximate surface area is 214 Å². The molecule has 4 aromatic rings. The third-order valence-corrected chi connectivity index (χ3v) is 7.45. The zero-order valence-electron chi connectivity index (χ0n) is 19.3. The molecule has 1 N–H and O–H groups in total. The summed E-state index contributed by atoms with van der Waals surface area (Å²) in [6.45, 7) is 2.10. The first-order chi connectivity index (χ1) is 16.4. The molecule has 34 heavy (non-hydrogen) atoms. The highest BCUT2D eigenvalue weighted by Crippen LogP contribution is 2.42. The van der Waals surface area contributed by atoms with E-state index in [-0.39, 0.29) is 12.1 Å². The molecule has 1 aliphatic rings. The summed E-state index contributed by atoms with van der Waals surface area (Å²) < 4.78 is 3.32. The first kappa shape index (κ1) is 22.6. The van der Waals surface area contributed by atoms with Gasteiger partial charge >= 0.3 is 0 Å². The number of benzene rings is 2. The van der Waals surface area contributed by atoms with Crippen molar-refractivity contribution in [3.63, 3.8) is 0 Å². The van der Waals surface area contributed by atoms with Crippen LogP contribution in [0.15, 0.2) is 89.7 Å². The Morgan fingerprint density at radius 1 is 0.971 bits per heavy atom. The van der Waals surface area contributed by atoms with Gasteiger partial charge in [-0.15, -0.1) is 0 Å². The number of rotatable bonds is 5. The van der Waals surface area contributed by atoms with Crippen LogP contribution in [0.3, 0.4) is 0 Å². The largest absolute Gasteiger partial charge is 0.378 e. The molecule has 1 fully saturated rings. The first-order valence-electron chi connectivity index (χ1n) is 11.2. The maximum atomic E-state index is 5.89. The molecule has 2 aromatic carbocycles. The second-order valence-electron chi connectivity index (χ2n) is 8.64. The zero-order valence-corrected chi connectivity index (χ0v) is 21.7. The van der Waals surface area contributed by atoms with E-state index in [1.807, 2.05) is 18.3 Å². The molecule has 0 amide bonds. The van der Waals surface area contributed by atoms with E-state index < -0.39 is 0 Å². The molecule has 1 saturated heterocycles. The molecule has 2 atom stereocenters. The predicted molar refractivity (Wildman–Crippen MR) is 147 cm³/mol. The molecule has 3 heterocycles. The van der Waals surface area contributed by atoms with Gasteiger partial charge in [0.15, 0.2) is 5.11 Å². The zero-order chi connectivity index (χ0) is 23.8. The molecule has 7 heteroatoms. The van der Waals surface area contributed by atoms with E-state index in [1.54, 1.807) is 0 Å². The van der Waals surface area contributed by atoms with Gasteiger partial charge < -0.3 is 19.7 Å². The summed E-state index contributed by atoms with van der Waals surface area (Å²) in [5, 5.41) is 4.25. The van der Waals surface area contributed by atoms with E-state index in [0.29, 0.717) is 5.11 Å². The van der Waals surface area contributed by atoms with Gasteiger partial charge in [-0.05, 0) is 91.4 Å². The van der Waals surface area contributed by atoms with Gasteiger partial charge in [0.2, 0.25) is 0 Å². The van der Waals surface area contributed by atoms with Gasteiger partial charge in [0, 0.05) is 53.7 Å². The maximum Gasteiger partial charge on any atom is 0.174 e. The average molecular weight is 533 g/mol.